The second-order valence-electron chi connectivity index (χ2n) is 7.09. The highest BCUT2D eigenvalue weighted by atomic mass is 32.1. The first kappa shape index (κ1) is 17.2. The molecular weight excluding hydrogens is 364 g/mol. The second kappa shape index (κ2) is 6.16. The Morgan fingerprint density at radius 1 is 1.31 bits per heavy atom. The maximum absolute atomic E-state index is 10.6. The summed E-state index contributed by atoms with van der Waals surface area (Å²) in [6.45, 7) is 6.98. The first-order valence-corrected chi connectivity index (χ1v) is 9.86. The van der Waals surface area contributed by atoms with Gasteiger partial charge >= 0.3 is 0 Å². The minimum atomic E-state index is -1.26. The van der Waals surface area contributed by atoms with Crippen LogP contribution in [-0.4, -0.2) is 26.0 Å². The van der Waals surface area contributed by atoms with Crippen LogP contribution in [0, 0.1) is 11.8 Å². The molecule has 3 heterocycles. The van der Waals surface area contributed by atoms with Gasteiger partial charge in [-0.25, -0.2) is 9.97 Å². The molecule has 0 bridgehead atoms. The maximum Gasteiger partial charge on any atom is 0.209 e. The summed E-state index contributed by atoms with van der Waals surface area (Å²) in [5, 5.41) is 13.9. The smallest absolute Gasteiger partial charge is 0.209 e. The lowest BCUT2D eigenvalue weighted by molar-refractivity contribution is 0.122. The van der Waals surface area contributed by atoms with Crippen molar-refractivity contribution in [1.29, 1.82) is 0 Å². The number of thiazole rings is 1. The molecule has 0 saturated heterocycles. The van der Waals surface area contributed by atoms with Gasteiger partial charge in [-0.1, -0.05) is 31.8 Å². The zero-order valence-electron chi connectivity index (χ0n) is 14.7. The molecular formula is C19H18N4OS2. The van der Waals surface area contributed by atoms with Gasteiger partial charge in [0.1, 0.15) is 11.3 Å². The summed E-state index contributed by atoms with van der Waals surface area (Å²) in [4.78, 5) is 10.7. The van der Waals surface area contributed by atoms with Crippen LogP contribution in [0.5, 0.6) is 0 Å². The Labute approximate surface area is 160 Å². The van der Waals surface area contributed by atoms with Crippen molar-refractivity contribution in [2.45, 2.75) is 31.8 Å². The van der Waals surface area contributed by atoms with Gasteiger partial charge in [0.25, 0.3) is 0 Å². The summed E-state index contributed by atoms with van der Waals surface area (Å²) >= 11 is 2.79. The molecule has 1 aliphatic heterocycles. The molecule has 0 spiro atoms. The minimum absolute atomic E-state index is 0.0271. The normalized spacial score (nSPS) is 17.3. The Morgan fingerprint density at radius 2 is 2.15 bits per heavy atom. The Bertz CT molecular complexity index is 982. The average molecular weight is 383 g/mol. The van der Waals surface area contributed by atoms with Gasteiger partial charge in [-0.3, -0.25) is 0 Å². The van der Waals surface area contributed by atoms with Gasteiger partial charge in [-0.2, -0.15) is 4.37 Å². The largest absolute Gasteiger partial charge is 0.371 e. The van der Waals surface area contributed by atoms with E-state index in [0.29, 0.717) is 5.01 Å². The van der Waals surface area contributed by atoms with Crippen LogP contribution in [0.4, 0.5) is 10.8 Å². The van der Waals surface area contributed by atoms with Crippen LogP contribution < -0.4 is 4.90 Å². The third-order valence-corrected chi connectivity index (χ3v) is 6.12. The summed E-state index contributed by atoms with van der Waals surface area (Å²) in [5.74, 6) is 6.05. The molecule has 1 aliphatic rings. The number of rotatable bonds is 2. The number of aliphatic hydroxyl groups is 1. The van der Waals surface area contributed by atoms with E-state index in [1.807, 2.05) is 11.4 Å². The van der Waals surface area contributed by atoms with Gasteiger partial charge in [0.05, 0.1) is 0 Å². The van der Waals surface area contributed by atoms with E-state index in [2.05, 4.69) is 57.1 Å². The van der Waals surface area contributed by atoms with Crippen molar-refractivity contribution in [3.63, 3.8) is 0 Å². The van der Waals surface area contributed by atoms with E-state index in [1.165, 1.54) is 28.4 Å². The highest BCUT2D eigenvalue weighted by molar-refractivity contribution is 7.10. The molecule has 5 nitrogen and oxygen atoms in total. The Morgan fingerprint density at radius 3 is 2.85 bits per heavy atom. The van der Waals surface area contributed by atoms with Gasteiger partial charge in [0.2, 0.25) is 5.13 Å². The SMILES string of the molecule is CC(O)(C#Cc1ccc2c(c1)N(c1ncns1)CC2(C)C)c1nccs1. The van der Waals surface area contributed by atoms with Crippen molar-refractivity contribution in [2.75, 3.05) is 11.4 Å². The minimum Gasteiger partial charge on any atom is -0.371 e. The molecule has 3 aromatic rings. The highest BCUT2D eigenvalue weighted by Gasteiger charge is 2.36. The van der Waals surface area contributed by atoms with E-state index >= 15 is 0 Å². The summed E-state index contributed by atoms with van der Waals surface area (Å²) in [6, 6.07) is 6.20. The van der Waals surface area contributed by atoms with Crippen LogP contribution in [0.15, 0.2) is 36.1 Å². The number of nitrogens with zero attached hydrogens (tertiary/aromatic N) is 4. The molecule has 0 fully saturated rings. The zero-order valence-corrected chi connectivity index (χ0v) is 16.4. The van der Waals surface area contributed by atoms with Gasteiger partial charge < -0.3 is 10.0 Å². The summed E-state index contributed by atoms with van der Waals surface area (Å²) in [5.41, 5.74) is 2.00. The lowest BCUT2D eigenvalue weighted by Gasteiger charge is -2.19. The molecule has 7 heteroatoms. The molecule has 0 saturated carbocycles. The fraction of sp³-hybridized carbons (Fsp3) is 0.316. The topological polar surface area (TPSA) is 62.1 Å². The standard InChI is InChI=1S/C19H18N4OS2/c1-18(2)11-23(17-21-12-22-26-17)15-10-13(4-5-14(15)18)6-7-19(3,24)16-20-8-9-25-16/h4-5,8-10,12,24H,11H2,1-3H3. The molecule has 1 unspecified atom stereocenters. The van der Waals surface area contributed by atoms with Gasteiger partial charge in [-0.15, -0.1) is 11.3 Å². The molecule has 4 rings (SSSR count). The monoisotopic (exact) mass is 382 g/mol. The Balaban J connectivity index is 1.72. The predicted molar refractivity (Wildman–Crippen MR) is 105 cm³/mol. The molecule has 0 aliphatic carbocycles. The number of fused-ring (bicyclic) bond motifs is 1. The molecule has 132 valence electrons. The molecule has 1 aromatic carbocycles. The maximum atomic E-state index is 10.6. The van der Waals surface area contributed by atoms with Gasteiger partial charge in [-0.05, 0) is 24.6 Å². The van der Waals surface area contributed by atoms with Crippen molar-refractivity contribution in [2.24, 2.45) is 0 Å². The zero-order chi connectivity index (χ0) is 18.4. The number of anilines is 2. The second-order valence-corrected chi connectivity index (χ2v) is 8.74. The molecule has 2 aromatic heterocycles. The Kier molecular flexibility index (Phi) is 4.07. The van der Waals surface area contributed by atoms with E-state index in [0.717, 1.165) is 22.9 Å². The molecule has 0 amide bonds. The highest BCUT2D eigenvalue weighted by Crippen LogP contribution is 2.44. The lowest BCUT2D eigenvalue weighted by Crippen LogP contribution is -2.24. The van der Waals surface area contributed by atoms with Crippen molar-refractivity contribution < 1.29 is 5.11 Å². The molecule has 1 N–H and O–H groups in total. The van der Waals surface area contributed by atoms with Crippen LogP contribution in [0.1, 0.15) is 36.9 Å². The van der Waals surface area contributed by atoms with Crippen LogP contribution in [-0.2, 0) is 11.0 Å². The quantitative estimate of drug-likeness (QED) is 0.685. The van der Waals surface area contributed by atoms with Crippen LogP contribution in [0.2, 0.25) is 0 Å². The Hall–Kier alpha value is -2.27. The lowest BCUT2D eigenvalue weighted by atomic mass is 9.86. The average Bonchev–Trinajstić information content (AvgIpc) is 3.34. The van der Waals surface area contributed by atoms with Crippen molar-refractivity contribution in [3.8, 4) is 11.8 Å². The third kappa shape index (κ3) is 3.01. The summed E-state index contributed by atoms with van der Waals surface area (Å²) in [6.07, 6.45) is 3.26. The number of benzene rings is 1. The molecule has 0 radical (unpaired) electrons. The van der Waals surface area contributed by atoms with Crippen LogP contribution in [0.3, 0.4) is 0 Å². The van der Waals surface area contributed by atoms with Crippen LogP contribution in [0.25, 0.3) is 0 Å². The third-order valence-electron chi connectivity index (χ3n) is 4.45. The van der Waals surface area contributed by atoms with E-state index in [1.54, 1.807) is 19.4 Å². The fourth-order valence-electron chi connectivity index (χ4n) is 3.14. The van der Waals surface area contributed by atoms with E-state index in [4.69, 9.17) is 0 Å². The van der Waals surface area contributed by atoms with Crippen molar-refractivity contribution >= 4 is 33.7 Å². The summed E-state index contributed by atoms with van der Waals surface area (Å²) < 4.78 is 4.13. The van der Waals surface area contributed by atoms with Crippen molar-refractivity contribution in [1.82, 2.24) is 14.3 Å². The van der Waals surface area contributed by atoms with E-state index < -0.39 is 5.60 Å². The van der Waals surface area contributed by atoms with Crippen molar-refractivity contribution in [3.05, 3.63) is 52.2 Å². The van der Waals surface area contributed by atoms with Crippen LogP contribution >= 0.6 is 22.9 Å². The molecule has 26 heavy (non-hydrogen) atoms. The first-order valence-electron chi connectivity index (χ1n) is 8.21. The van der Waals surface area contributed by atoms with Gasteiger partial charge in [0.15, 0.2) is 5.60 Å². The number of hydrogen-bond acceptors (Lipinski definition) is 7. The summed E-state index contributed by atoms with van der Waals surface area (Å²) in [7, 11) is 0. The van der Waals surface area contributed by atoms with E-state index in [-0.39, 0.29) is 5.41 Å². The predicted octanol–water partition coefficient (Wildman–Crippen LogP) is 3.68. The molecule has 1 atom stereocenters. The van der Waals surface area contributed by atoms with E-state index in [9.17, 15) is 5.11 Å². The number of aromatic nitrogens is 3. The number of hydrogen-bond donors (Lipinski definition) is 1. The van der Waals surface area contributed by atoms with Gasteiger partial charge in [0, 0.05) is 46.3 Å². The fourth-order valence-corrected chi connectivity index (χ4v) is 4.34. The first-order chi connectivity index (χ1) is 12.4.